The summed E-state index contributed by atoms with van der Waals surface area (Å²) in [6.07, 6.45) is 2.63. The SMILES string of the molecule is CSc1ccccc1NC(=O)COC(=O)COc1ccccc1Cc1ccccc1. The fourth-order valence-electron chi connectivity index (χ4n) is 2.87. The summed E-state index contributed by atoms with van der Waals surface area (Å²) in [6.45, 7) is -0.628. The Morgan fingerprint density at radius 3 is 2.37 bits per heavy atom. The molecule has 154 valence electrons. The Balaban J connectivity index is 1.48. The van der Waals surface area contributed by atoms with Gasteiger partial charge in [0, 0.05) is 11.3 Å². The second-order valence-electron chi connectivity index (χ2n) is 6.47. The summed E-state index contributed by atoms with van der Waals surface area (Å²) in [4.78, 5) is 25.1. The van der Waals surface area contributed by atoms with Gasteiger partial charge in [-0.25, -0.2) is 4.79 Å². The van der Waals surface area contributed by atoms with Crippen molar-refractivity contribution in [2.45, 2.75) is 11.3 Å². The fourth-order valence-corrected chi connectivity index (χ4v) is 3.42. The summed E-state index contributed by atoms with van der Waals surface area (Å²) < 4.78 is 10.7. The number of ether oxygens (including phenoxy) is 2. The minimum absolute atomic E-state index is 0.263. The van der Waals surface area contributed by atoms with E-state index in [1.165, 1.54) is 11.8 Å². The van der Waals surface area contributed by atoms with Crippen LogP contribution in [0.25, 0.3) is 0 Å². The van der Waals surface area contributed by atoms with Crippen LogP contribution in [0.3, 0.4) is 0 Å². The highest BCUT2D eigenvalue weighted by Crippen LogP contribution is 2.24. The number of thioether (sulfide) groups is 1. The minimum Gasteiger partial charge on any atom is -0.482 e. The summed E-state index contributed by atoms with van der Waals surface area (Å²) in [6, 6.07) is 25.0. The van der Waals surface area contributed by atoms with E-state index in [0.717, 1.165) is 16.0 Å². The Labute approximate surface area is 180 Å². The Morgan fingerprint density at radius 1 is 0.867 bits per heavy atom. The zero-order valence-electron chi connectivity index (χ0n) is 16.7. The van der Waals surface area contributed by atoms with E-state index in [0.29, 0.717) is 17.9 Å². The molecule has 1 amide bonds. The van der Waals surface area contributed by atoms with E-state index in [2.05, 4.69) is 5.32 Å². The molecule has 30 heavy (non-hydrogen) atoms. The van der Waals surface area contributed by atoms with Crippen LogP contribution in [0.2, 0.25) is 0 Å². The molecular weight excluding hydrogens is 398 g/mol. The number of carbonyl (C=O) groups excluding carboxylic acids is 2. The van der Waals surface area contributed by atoms with Crippen molar-refractivity contribution in [2.24, 2.45) is 0 Å². The van der Waals surface area contributed by atoms with E-state index in [1.54, 1.807) is 6.07 Å². The average Bonchev–Trinajstić information content (AvgIpc) is 2.78. The molecule has 5 nitrogen and oxygen atoms in total. The van der Waals surface area contributed by atoms with Crippen LogP contribution in [0, 0.1) is 0 Å². The van der Waals surface area contributed by atoms with Crippen molar-refractivity contribution >= 4 is 29.3 Å². The third kappa shape index (κ3) is 6.39. The summed E-state index contributed by atoms with van der Waals surface area (Å²) in [7, 11) is 0. The van der Waals surface area contributed by atoms with Crippen molar-refractivity contribution < 1.29 is 19.1 Å². The molecule has 3 aromatic rings. The third-order valence-corrected chi connectivity index (χ3v) is 5.10. The molecule has 1 N–H and O–H groups in total. The standard InChI is InChI=1S/C24H23NO4S/c1-30-22-14-8-6-12-20(22)25-23(26)16-29-24(27)17-28-21-13-7-5-11-19(21)15-18-9-3-2-4-10-18/h2-14H,15-17H2,1H3,(H,25,26). The number of carbonyl (C=O) groups is 2. The summed E-state index contributed by atoms with van der Waals surface area (Å²) in [5.41, 5.74) is 2.82. The van der Waals surface area contributed by atoms with E-state index in [9.17, 15) is 9.59 Å². The molecule has 0 aliphatic carbocycles. The summed E-state index contributed by atoms with van der Waals surface area (Å²) in [5, 5.41) is 2.75. The average molecular weight is 422 g/mol. The summed E-state index contributed by atoms with van der Waals surface area (Å²) in [5.74, 6) is -0.371. The lowest BCUT2D eigenvalue weighted by Gasteiger charge is -2.12. The lowest BCUT2D eigenvalue weighted by atomic mass is 10.0. The number of amides is 1. The van der Waals surface area contributed by atoms with E-state index < -0.39 is 11.9 Å². The van der Waals surface area contributed by atoms with Crippen LogP contribution >= 0.6 is 11.8 Å². The maximum atomic E-state index is 12.1. The van der Waals surface area contributed by atoms with Gasteiger partial charge >= 0.3 is 5.97 Å². The molecule has 0 saturated carbocycles. The van der Waals surface area contributed by atoms with Gasteiger partial charge in [0.1, 0.15) is 5.75 Å². The number of para-hydroxylation sites is 2. The number of rotatable bonds is 9. The van der Waals surface area contributed by atoms with Crippen molar-refractivity contribution in [3.05, 3.63) is 90.0 Å². The zero-order chi connectivity index (χ0) is 21.2. The molecule has 0 aliphatic rings. The van der Waals surface area contributed by atoms with E-state index in [4.69, 9.17) is 9.47 Å². The van der Waals surface area contributed by atoms with Crippen molar-refractivity contribution in [1.82, 2.24) is 0 Å². The van der Waals surface area contributed by atoms with Crippen LogP contribution in [0.4, 0.5) is 5.69 Å². The predicted molar refractivity (Wildman–Crippen MR) is 119 cm³/mol. The Hall–Kier alpha value is -3.25. The molecule has 0 aliphatic heterocycles. The minimum atomic E-state index is -0.599. The quantitative estimate of drug-likeness (QED) is 0.405. The van der Waals surface area contributed by atoms with Gasteiger partial charge in [0.2, 0.25) is 0 Å². The number of hydrogen-bond acceptors (Lipinski definition) is 5. The topological polar surface area (TPSA) is 64.6 Å². The van der Waals surface area contributed by atoms with Gasteiger partial charge in [-0.2, -0.15) is 0 Å². The maximum Gasteiger partial charge on any atom is 0.344 e. The monoisotopic (exact) mass is 421 g/mol. The van der Waals surface area contributed by atoms with Crippen LogP contribution in [0.15, 0.2) is 83.8 Å². The van der Waals surface area contributed by atoms with Crippen molar-refractivity contribution in [1.29, 1.82) is 0 Å². The van der Waals surface area contributed by atoms with Crippen LogP contribution < -0.4 is 10.1 Å². The van der Waals surface area contributed by atoms with Gasteiger partial charge in [-0.1, -0.05) is 60.7 Å². The first kappa shape index (κ1) is 21.5. The molecule has 0 unspecified atom stereocenters. The van der Waals surface area contributed by atoms with Gasteiger partial charge < -0.3 is 14.8 Å². The number of nitrogens with one attached hydrogen (secondary N) is 1. The molecule has 0 atom stereocenters. The van der Waals surface area contributed by atoms with Gasteiger partial charge in [-0.3, -0.25) is 4.79 Å². The second kappa shape index (κ2) is 11.1. The van der Waals surface area contributed by atoms with Crippen molar-refractivity contribution in [3.8, 4) is 5.75 Å². The van der Waals surface area contributed by atoms with Gasteiger partial charge in [0.05, 0.1) is 5.69 Å². The molecule has 3 aromatic carbocycles. The van der Waals surface area contributed by atoms with Gasteiger partial charge in [0.25, 0.3) is 5.91 Å². The molecular formula is C24H23NO4S. The lowest BCUT2D eigenvalue weighted by Crippen LogP contribution is -2.24. The Morgan fingerprint density at radius 2 is 1.57 bits per heavy atom. The molecule has 0 radical (unpaired) electrons. The van der Waals surface area contributed by atoms with E-state index in [-0.39, 0.29) is 13.2 Å². The predicted octanol–water partition coefficient (Wildman–Crippen LogP) is 4.56. The first-order chi connectivity index (χ1) is 14.7. The molecule has 6 heteroatoms. The third-order valence-electron chi connectivity index (χ3n) is 4.30. The first-order valence-corrected chi connectivity index (χ1v) is 10.7. The smallest absolute Gasteiger partial charge is 0.344 e. The lowest BCUT2D eigenvalue weighted by molar-refractivity contribution is -0.149. The maximum absolute atomic E-state index is 12.1. The molecule has 0 saturated heterocycles. The largest absolute Gasteiger partial charge is 0.482 e. The van der Waals surface area contributed by atoms with E-state index in [1.807, 2.05) is 79.1 Å². The highest BCUT2D eigenvalue weighted by Gasteiger charge is 2.12. The highest BCUT2D eigenvalue weighted by molar-refractivity contribution is 7.98. The number of benzene rings is 3. The van der Waals surface area contributed by atoms with Crippen molar-refractivity contribution in [2.75, 3.05) is 24.8 Å². The van der Waals surface area contributed by atoms with E-state index >= 15 is 0 Å². The van der Waals surface area contributed by atoms with Crippen LogP contribution in [0.1, 0.15) is 11.1 Å². The number of hydrogen-bond donors (Lipinski definition) is 1. The van der Waals surface area contributed by atoms with Crippen LogP contribution in [0.5, 0.6) is 5.75 Å². The van der Waals surface area contributed by atoms with Crippen LogP contribution in [-0.2, 0) is 20.7 Å². The molecule has 3 rings (SSSR count). The normalized spacial score (nSPS) is 10.3. The van der Waals surface area contributed by atoms with Crippen LogP contribution in [-0.4, -0.2) is 31.3 Å². The van der Waals surface area contributed by atoms with Crippen molar-refractivity contribution in [3.63, 3.8) is 0 Å². The Kier molecular flexibility index (Phi) is 7.92. The number of esters is 1. The zero-order valence-corrected chi connectivity index (χ0v) is 17.5. The highest BCUT2D eigenvalue weighted by atomic mass is 32.2. The molecule has 0 spiro atoms. The number of anilines is 1. The molecule has 0 heterocycles. The molecule has 0 bridgehead atoms. The second-order valence-corrected chi connectivity index (χ2v) is 7.32. The summed E-state index contributed by atoms with van der Waals surface area (Å²) >= 11 is 1.53. The Bertz CT molecular complexity index is 991. The molecule has 0 aromatic heterocycles. The van der Waals surface area contributed by atoms with Gasteiger partial charge in [-0.05, 0) is 35.6 Å². The fraction of sp³-hybridized carbons (Fsp3) is 0.167. The van der Waals surface area contributed by atoms with Gasteiger partial charge in [0.15, 0.2) is 13.2 Å². The van der Waals surface area contributed by atoms with Gasteiger partial charge in [-0.15, -0.1) is 11.8 Å². The first-order valence-electron chi connectivity index (χ1n) is 9.49. The molecule has 0 fully saturated rings.